The highest BCUT2D eigenvalue weighted by atomic mass is 16.5. The molecule has 0 amide bonds. The maximum atomic E-state index is 11.5. The van der Waals surface area contributed by atoms with Gasteiger partial charge >= 0.3 is 5.97 Å². The van der Waals surface area contributed by atoms with Gasteiger partial charge in [0.15, 0.2) is 0 Å². The second-order valence-corrected chi connectivity index (χ2v) is 4.78. The molecular weight excluding hydrogens is 258 g/mol. The fraction of sp³-hybridized carbons (Fsp3) is 0.467. The molecule has 3 atom stereocenters. The van der Waals surface area contributed by atoms with E-state index in [2.05, 4.69) is 4.74 Å². The van der Waals surface area contributed by atoms with Gasteiger partial charge in [-0.1, -0.05) is 44.2 Å². The number of benzene rings is 1. The Morgan fingerprint density at radius 1 is 1.20 bits per heavy atom. The van der Waals surface area contributed by atoms with Gasteiger partial charge in [-0.2, -0.15) is 0 Å². The fourth-order valence-electron chi connectivity index (χ4n) is 2.15. The molecule has 4 N–H and O–H groups in total. The molecule has 0 aliphatic heterocycles. The normalized spacial score (nSPS) is 14.6. The van der Waals surface area contributed by atoms with Crippen molar-refractivity contribution in [3.05, 3.63) is 35.9 Å². The van der Waals surface area contributed by atoms with Crippen LogP contribution in [0.15, 0.2) is 30.3 Å². The lowest BCUT2D eigenvalue weighted by molar-refractivity contribution is -0.313. The highest BCUT2D eigenvalue weighted by molar-refractivity contribution is 5.79. The Morgan fingerprint density at radius 2 is 1.75 bits per heavy atom. The first kappa shape index (κ1) is 18.1. The van der Waals surface area contributed by atoms with Crippen LogP contribution in [0.4, 0.5) is 0 Å². The summed E-state index contributed by atoms with van der Waals surface area (Å²) in [6, 6.07) is 9.61. The summed E-state index contributed by atoms with van der Waals surface area (Å²) >= 11 is 0. The van der Waals surface area contributed by atoms with E-state index >= 15 is 0 Å². The predicted molar refractivity (Wildman–Crippen MR) is 75.1 cm³/mol. The number of hydrogen-bond acceptors (Lipinski definition) is 4. The van der Waals surface area contributed by atoms with Crippen molar-refractivity contribution in [2.45, 2.75) is 26.2 Å². The average Bonchev–Trinajstić information content (AvgIpc) is 2.43. The lowest BCUT2D eigenvalue weighted by atomic mass is 9.83. The van der Waals surface area contributed by atoms with Gasteiger partial charge in [0.25, 0.3) is 0 Å². The molecule has 0 saturated carbocycles. The highest BCUT2D eigenvalue weighted by Gasteiger charge is 2.27. The molecule has 1 aromatic rings. The van der Waals surface area contributed by atoms with Crippen LogP contribution in [0.5, 0.6) is 0 Å². The molecular formula is C15H23NO4. The van der Waals surface area contributed by atoms with E-state index in [0.29, 0.717) is 6.42 Å². The zero-order valence-corrected chi connectivity index (χ0v) is 12.5. The van der Waals surface area contributed by atoms with Crippen molar-refractivity contribution in [3.8, 4) is 0 Å². The van der Waals surface area contributed by atoms with Crippen LogP contribution in [-0.4, -0.2) is 19.0 Å². The smallest absolute Gasteiger partial charge is 0.309 e. The van der Waals surface area contributed by atoms with Crippen molar-refractivity contribution in [1.82, 2.24) is 6.15 Å². The molecule has 0 fully saturated rings. The largest absolute Gasteiger partial charge is 0.550 e. The van der Waals surface area contributed by atoms with Gasteiger partial charge in [0, 0.05) is 11.9 Å². The molecule has 0 saturated heterocycles. The van der Waals surface area contributed by atoms with Crippen molar-refractivity contribution < 1.29 is 19.4 Å². The molecule has 0 heterocycles. The molecule has 1 rings (SSSR count). The molecule has 112 valence electrons. The van der Waals surface area contributed by atoms with Gasteiger partial charge in [-0.25, -0.2) is 0 Å². The molecule has 0 aromatic heterocycles. The monoisotopic (exact) mass is 281 g/mol. The van der Waals surface area contributed by atoms with Gasteiger partial charge in [-0.05, 0) is 17.9 Å². The van der Waals surface area contributed by atoms with E-state index in [0.717, 1.165) is 5.56 Å². The van der Waals surface area contributed by atoms with Crippen molar-refractivity contribution in [1.29, 1.82) is 0 Å². The van der Waals surface area contributed by atoms with Gasteiger partial charge in [-0.15, -0.1) is 0 Å². The lowest BCUT2D eigenvalue weighted by Gasteiger charge is -2.26. The number of carbonyl (C=O) groups is 2. The summed E-state index contributed by atoms with van der Waals surface area (Å²) in [6.07, 6.45) is 0.350. The highest BCUT2D eigenvalue weighted by Crippen LogP contribution is 2.27. The van der Waals surface area contributed by atoms with Crippen LogP contribution in [0.3, 0.4) is 0 Å². The first-order valence-corrected chi connectivity index (χ1v) is 6.31. The zero-order chi connectivity index (χ0) is 14.4. The minimum atomic E-state index is -1.21. The minimum absolute atomic E-state index is 0. The number of quaternary nitrogens is 1. The molecule has 5 nitrogen and oxygen atoms in total. The van der Waals surface area contributed by atoms with Crippen molar-refractivity contribution in [3.63, 3.8) is 0 Å². The third-order valence-corrected chi connectivity index (χ3v) is 3.46. The molecule has 0 bridgehead atoms. The summed E-state index contributed by atoms with van der Waals surface area (Å²) in [6.45, 7) is 3.50. The topological polar surface area (TPSA) is 103 Å². The van der Waals surface area contributed by atoms with Crippen LogP contribution in [-0.2, 0) is 14.3 Å². The van der Waals surface area contributed by atoms with Gasteiger partial charge in [-0.3, -0.25) is 4.79 Å². The minimum Gasteiger partial charge on any atom is -0.550 e. The van der Waals surface area contributed by atoms with Crippen molar-refractivity contribution in [2.75, 3.05) is 7.11 Å². The summed E-state index contributed by atoms with van der Waals surface area (Å²) in [7, 11) is 1.26. The van der Waals surface area contributed by atoms with Crippen molar-refractivity contribution >= 4 is 11.9 Å². The number of ether oxygens (including phenoxy) is 1. The molecule has 0 radical (unpaired) electrons. The van der Waals surface area contributed by atoms with Crippen LogP contribution >= 0.6 is 0 Å². The SMILES string of the molecule is COC(=O)C(C)C(CC(C)c1ccccc1)C(=O)[O-].[NH4+]. The van der Waals surface area contributed by atoms with Gasteiger partial charge in [0.05, 0.1) is 13.0 Å². The molecule has 0 aliphatic rings. The molecule has 3 unspecified atom stereocenters. The maximum absolute atomic E-state index is 11.5. The molecule has 0 aliphatic carbocycles. The van der Waals surface area contributed by atoms with E-state index in [1.54, 1.807) is 6.92 Å². The average molecular weight is 281 g/mol. The van der Waals surface area contributed by atoms with Crippen LogP contribution in [0.1, 0.15) is 31.7 Å². The number of carboxylic acid groups (broad SMARTS) is 1. The summed E-state index contributed by atoms with van der Waals surface area (Å²) in [5.41, 5.74) is 1.05. The number of aliphatic carboxylic acids is 1. The zero-order valence-electron chi connectivity index (χ0n) is 12.5. The molecule has 5 heteroatoms. The van der Waals surface area contributed by atoms with Gasteiger partial charge in [0.2, 0.25) is 0 Å². The van der Waals surface area contributed by atoms with E-state index in [9.17, 15) is 14.7 Å². The Labute approximate surface area is 119 Å². The summed E-state index contributed by atoms with van der Waals surface area (Å²) in [4.78, 5) is 22.7. The summed E-state index contributed by atoms with van der Waals surface area (Å²) in [5, 5.41) is 11.2. The lowest BCUT2D eigenvalue weighted by Crippen LogP contribution is -2.39. The number of esters is 1. The first-order chi connectivity index (χ1) is 8.97. The maximum Gasteiger partial charge on any atom is 0.309 e. The molecule has 0 spiro atoms. The Bertz CT molecular complexity index is 433. The quantitative estimate of drug-likeness (QED) is 0.802. The van der Waals surface area contributed by atoms with Crippen LogP contribution in [0, 0.1) is 11.8 Å². The van der Waals surface area contributed by atoms with E-state index < -0.39 is 23.8 Å². The second-order valence-electron chi connectivity index (χ2n) is 4.78. The number of methoxy groups -OCH3 is 1. The van der Waals surface area contributed by atoms with Gasteiger partial charge in [0.1, 0.15) is 0 Å². The first-order valence-electron chi connectivity index (χ1n) is 6.31. The fourth-order valence-corrected chi connectivity index (χ4v) is 2.15. The Kier molecular flexibility index (Phi) is 7.54. The van der Waals surface area contributed by atoms with E-state index in [1.165, 1.54) is 7.11 Å². The Balaban J connectivity index is 0.00000361. The molecule has 1 aromatic carbocycles. The third-order valence-electron chi connectivity index (χ3n) is 3.46. The van der Waals surface area contributed by atoms with E-state index in [4.69, 9.17) is 0 Å². The summed E-state index contributed by atoms with van der Waals surface area (Å²) in [5.74, 6) is -3.24. The van der Waals surface area contributed by atoms with Crippen molar-refractivity contribution in [2.24, 2.45) is 11.8 Å². The third kappa shape index (κ3) is 4.66. The van der Waals surface area contributed by atoms with E-state index in [1.807, 2.05) is 37.3 Å². The van der Waals surface area contributed by atoms with Crippen LogP contribution in [0.2, 0.25) is 0 Å². The number of rotatable bonds is 6. The predicted octanol–water partition coefficient (Wildman–Crippen LogP) is 1.73. The number of hydrogen-bond donors (Lipinski definition) is 1. The Morgan fingerprint density at radius 3 is 2.20 bits per heavy atom. The van der Waals surface area contributed by atoms with E-state index in [-0.39, 0.29) is 12.1 Å². The number of carboxylic acids is 1. The van der Waals surface area contributed by atoms with Gasteiger partial charge < -0.3 is 20.8 Å². The number of carbonyl (C=O) groups excluding carboxylic acids is 2. The second kappa shape index (κ2) is 8.32. The Hall–Kier alpha value is -1.88. The standard InChI is InChI=1S/C15H20O4.H3N/c1-10(12-7-5-4-6-8-12)9-13(14(16)17)11(2)15(18)19-3;/h4-8,10-11,13H,9H2,1-3H3,(H,16,17);1H3. The molecule has 20 heavy (non-hydrogen) atoms. The summed E-state index contributed by atoms with van der Waals surface area (Å²) < 4.78 is 4.60. The van der Waals surface area contributed by atoms with Crippen LogP contribution < -0.4 is 11.3 Å². The van der Waals surface area contributed by atoms with Crippen LogP contribution in [0.25, 0.3) is 0 Å².